The van der Waals surface area contributed by atoms with E-state index >= 15 is 0 Å². The maximum absolute atomic E-state index is 14.3. The Labute approximate surface area is 144 Å². The van der Waals surface area contributed by atoms with Crippen molar-refractivity contribution in [1.29, 1.82) is 0 Å². The zero-order valence-corrected chi connectivity index (χ0v) is 13.9. The molecule has 0 amide bonds. The zero-order valence-electron chi connectivity index (χ0n) is 13.9. The van der Waals surface area contributed by atoms with E-state index in [-0.39, 0.29) is 5.82 Å². The number of ether oxygens (including phenoxy) is 1. The van der Waals surface area contributed by atoms with Crippen LogP contribution in [0.5, 0.6) is 5.75 Å². The minimum Gasteiger partial charge on any atom is -0.496 e. The molecule has 0 atom stereocenters. The number of hydrogen-bond acceptors (Lipinski definition) is 3. The fraction of sp³-hybridized carbons (Fsp3) is 0.100. The zero-order chi connectivity index (χ0) is 17.4. The highest BCUT2D eigenvalue weighted by atomic mass is 19.1. The summed E-state index contributed by atoms with van der Waals surface area (Å²) in [5.41, 5.74) is 3.73. The summed E-state index contributed by atoms with van der Waals surface area (Å²) in [6.45, 7) is 1.87. The first-order valence-electron chi connectivity index (χ1n) is 7.92. The normalized spacial score (nSPS) is 11.0. The standard InChI is InChI=1S/C20H16FN3O/c1-13-7-9-15(17(21)11-13)14-8-10-19-22-23-20(24(19)12-14)16-5-3-4-6-18(16)25-2/h3-12H,1-2H3. The smallest absolute Gasteiger partial charge is 0.172 e. The number of methoxy groups -OCH3 is 1. The van der Waals surface area contributed by atoms with Crippen LogP contribution in [0, 0.1) is 12.7 Å². The number of aromatic nitrogens is 3. The van der Waals surface area contributed by atoms with E-state index in [9.17, 15) is 4.39 Å². The van der Waals surface area contributed by atoms with Gasteiger partial charge in [-0.25, -0.2) is 4.39 Å². The number of hydrogen-bond donors (Lipinski definition) is 0. The van der Waals surface area contributed by atoms with Gasteiger partial charge in [-0.2, -0.15) is 0 Å². The molecule has 0 aliphatic carbocycles. The van der Waals surface area contributed by atoms with Crippen LogP contribution in [0.2, 0.25) is 0 Å². The van der Waals surface area contributed by atoms with Crippen molar-refractivity contribution in [2.24, 2.45) is 0 Å². The molecule has 2 heterocycles. The average molecular weight is 333 g/mol. The lowest BCUT2D eigenvalue weighted by atomic mass is 10.1. The van der Waals surface area contributed by atoms with Gasteiger partial charge >= 0.3 is 0 Å². The second-order valence-electron chi connectivity index (χ2n) is 5.85. The number of benzene rings is 2. The Morgan fingerprint density at radius 2 is 1.80 bits per heavy atom. The van der Waals surface area contributed by atoms with Crippen LogP contribution in [0.3, 0.4) is 0 Å². The lowest BCUT2D eigenvalue weighted by Gasteiger charge is -2.08. The van der Waals surface area contributed by atoms with Gasteiger partial charge in [0.2, 0.25) is 0 Å². The maximum atomic E-state index is 14.3. The van der Waals surface area contributed by atoms with Crippen molar-refractivity contribution in [2.45, 2.75) is 6.92 Å². The average Bonchev–Trinajstić information content (AvgIpc) is 3.04. The van der Waals surface area contributed by atoms with Gasteiger partial charge in [0.1, 0.15) is 11.6 Å². The molecule has 5 heteroatoms. The third kappa shape index (κ3) is 2.63. The Kier molecular flexibility index (Phi) is 3.69. The molecule has 0 fully saturated rings. The third-order valence-corrected chi connectivity index (χ3v) is 4.19. The number of rotatable bonds is 3. The molecule has 2 aromatic heterocycles. The number of para-hydroxylation sites is 1. The molecule has 0 aliphatic rings. The van der Waals surface area contributed by atoms with Crippen molar-refractivity contribution in [1.82, 2.24) is 14.6 Å². The number of halogens is 1. The summed E-state index contributed by atoms with van der Waals surface area (Å²) in [5, 5.41) is 8.49. The van der Waals surface area contributed by atoms with Crippen LogP contribution in [-0.4, -0.2) is 21.7 Å². The monoisotopic (exact) mass is 333 g/mol. The molecule has 0 saturated heterocycles. The molecule has 0 bridgehead atoms. The van der Waals surface area contributed by atoms with Gasteiger partial charge in [0, 0.05) is 17.3 Å². The van der Waals surface area contributed by atoms with Gasteiger partial charge in [0.15, 0.2) is 11.5 Å². The summed E-state index contributed by atoms with van der Waals surface area (Å²) in [7, 11) is 1.62. The van der Waals surface area contributed by atoms with Crippen LogP contribution >= 0.6 is 0 Å². The van der Waals surface area contributed by atoms with E-state index in [2.05, 4.69) is 10.2 Å². The van der Waals surface area contributed by atoms with Gasteiger partial charge in [-0.3, -0.25) is 4.40 Å². The topological polar surface area (TPSA) is 39.4 Å². The molecule has 4 nitrogen and oxygen atoms in total. The van der Waals surface area contributed by atoms with Crippen LogP contribution in [0.4, 0.5) is 4.39 Å². The van der Waals surface area contributed by atoms with Crippen LogP contribution in [0.1, 0.15) is 5.56 Å². The summed E-state index contributed by atoms with van der Waals surface area (Å²) in [4.78, 5) is 0. The van der Waals surface area contributed by atoms with E-state index < -0.39 is 0 Å². The molecule has 2 aromatic carbocycles. The molecule has 0 radical (unpaired) electrons. The lowest BCUT2D eigenvalue weighted by Crippen LogP contribution is -1.94. The Morgan fingerprint density at radius 1 is 0.960 bits per heavy atom. The number of fused-ring (bicyclic) bond motifs is 1. The number of nitrogens with zero attached hydrogens (tertiary/aromatic N) is 3. The molecular weight excluding hydrogens is 317 g/mol. The molecular formula is C20H16FN3O. The van der Waals surface area contributed by atoms with Crippen molar-refractivity contribution < 1.29 is 9.13 Å². The van der Waals surface area contributed by atoms with Gasteiger partial charge in [0.05, 0.1) is 12.7 Å². The van der Waals surface area contributed by atoms with Crippen molar-refractivity contribution >= 4 is 5.65 Å². The van der Waals surface area contributed by atoms with Crippen molar-refractivity contribution in [3.8, 4) is 28.3 Å². The van der Waals surface area contributed by atoms with E-state index in [0.29, 0.717) is 22.8 Å². The minimum atomic E-state index is -0.244. The second-order valence-corrected chi connectivity index (χ2v) is 5.85. The van der Waals surface area contributed by atoms with E-state index in [0.717, 1.165) is 16.7 Å². The van der Waals surface area contributed by atoms with E-state index in [1.54, 1.807) is 13.2 Å². The van der Waals surface area contributed by atoms with E-state index in [1.165, 1.54) is 6.07 Å². The highest BCUT2D eigenvalue weighted by Gasteiger charge is 2.14. The third-order valence-electron chi connectivity index (χ3n) is 4.19. The summed E-state index contributed by atoms with van der Waals surface area (Å²) in [5.74, 6) is 1.12. The number of pyridine rings is 1. The van der Waals surface area contributed by atoms with Crippen LogP contribution in [0.25, 0.3) is 28.2 Å². The Bertz CT molecular complexity index is 1070. The van der Waals surface area contributed by atoms with Crippen LogP contribution < -0.4 is 4.74 Å². The Hall–Kier alpha value is -3.21. The Morgan fingerprint density at radius 3 is 2.60 bits per heavy atom. The summed E-state index contributed by atoms with van der Waals surface area (Å²) in [6, 6.07) is 16.5. The summed E-state index contributed by atoms with van der Waals surface area (Å²) < 4.78 is 21.6. The van der Waals surface area contributed by atoms with Crippen molar-refractivity contribution in [3.63, 3.8) is 0 Å². The SMILES string of the molecule is COc1ccccc1-c1nnc2ccc(-c3ccc(C)cc3F)cn12. The molecule has 4 aromatic rings. The molecule has 124 valence electrons. The predicted octanol–water partition coefficient (Wildman–Crippen LogP) is 4.52. The predicted molar refractivity (Wildman–Crippen MR) is 95.1 cm³/mol. The second kappa shape index (κ2) is 6.02. The molecule has 4 rings (SSSR count). The summed E-state index contributed by atoms with van der Waals surface area (Å²) >= 11 is 0. The largest absolute Gasteiger partial charge is 0.496 e. The van der Waals surface area contributed by atoms with E-state index in [4.69, 9.17) is 4.74 Å². The molecule has 25 heavy (non-hydrogen) atoms. The quantitative estimate of drug-likeness (QED) is 0.553. The first-order chi connectivity index (χ1) is 12.2. The molecule has 0 N–H and O–H groups in total. The highest BCUT2D eigenvalue weighted by molar-refractivity contribution is 5.70. The summed E-state index contributed by atoms with van der Waals surface area (Å²) in [6.07, 6.45) is 1.85. The molecule has 0 spiro atoms. The van der Waals surface area contributed by atoms with Crippen molar-refractivity contribution in [2.75, 3.05) is 7.11 Å². The lowest BCUT2D eigenvalue weighted by molar-refractivity contribution is 0.416. The molecule has 0 unspecified atom stereocenters. The highest BCUT2D eigenvalue weighted by Crippen LogP contribution is 2.30. The first-order valence-corrected chi connectivity index (χ1v) is 7.92. The minimum absolute atomic E-state index is 0.244. The number of aryl methyl sites for hydroxylation is 1. The fourth-order valence-electron chi connectivity index (χ4n) is 2.92. The maximum Gasteiger partial charge on any atom is 0.172 e. The van der Waals surface area contributed by atoms with Gasteiger partial charge in [0.25, 0.3) is 0 Å². The molecule has 0 saturated carbocycles. The Balaban J connectivity index is 1.91. The van der Waals surface area contributed by atoms with Gasteiger partial charge in [-0.05, 0) is 42.8 Å². The van der Waals surface area contributed by atoms with Crippen molar-refractivity contribution in [3.05, 3.63) is 72.2 Å². The van der Waals surface area contributed by atoms with Crippen LogP contribution in [0.15, 0.2) is 60.8 Å². The van der Waals surface area contributed by atoms with Crippen LogP contribution in [-0.2, 0) is 0 Å². The first kappa shape index (κ1) is 15.3. The van der Waals surface area contributed by atoms with E-state index in [1.807, 2.05) is 60.0 Å². The molecule has 0 aliphatic heterocycles. The van der Waals surface area contributed by atoms with Gasteiger partial charge in [-0.15, -0.1) is 10.2 Å². The fourth-order valence-corrected chi connectivity index (χ4v) is 2.92. The van der Waals surface area contributed by atoms with Gasteiger partial charge < -0.3 is 4.74 Å². The van der Waals surface area contributed by atoms with Gasteiger partial charge in [-0.1, -0.05) is 24.3 Å².